The Labute approximate surface area is 154 Å². The Morgan fingerprint density at radius 2 is 2.00 bits per heavy atom. The standard InChI is InChI=1S/C17H19F3N2O4S/c1-27(25,26)22-12-6-3-2-5-11(12)16(13(22)7-4-8-14(16)23)9-10-21-15(24)17(18,19)20/h2-3,5-6,13H,4,7-10H2,1H3,(H,21,24)/t13-,16-/m0/s1. The summed E-state index contributed by atoms with van der Waals surface area (Å²) in [6.45, 7) is -0.382. The van der Waals surface area contributed by atoms with E-state index in [9.17, 15) is 31.2 Å². The highest BCUT2D eigenvalue weighted by molar-refractivity contribution is 7.92. The lowest BCUT2D eigenvalue weighted by molar-refractivity contribution is -0.173. The zero-order valence-electron chi connectivity index (χ0n) is 14.5. The second-order valence-electron chi connectivity index (χ2n) is 6.88. The number of rotatable bonds is 4. The van der Waals surface area contributed by atoms with Crippen molar-refractivity contribution in [1.29, 1.82) is 0 Å². The van der Waals surface area contributed by atoms with Crippen LogP contribution in [-0.2, 0) is 25.0 Å². The number of fused-ring (bicyclic) bond motifs is 3. The maximum atomic E-state index is 12.9. The van der Waals surface area contributed by atoms with Gasteiger partial charge >= 0.3 is 12.1 Å². The van der Waals surface area contributed by atoms with E-state index in [1.165, 1.54) is 4.31 Å². The van der Waals surface area contributed by atoms with Gasteiger partial charge in [-0.1, -0.05) is 18.2 Å². The molecule has 0 saturated heterocycles. The Bertz CT molecular complexity index is 884. The van der Waals surface area contributed by atoms with Crippen LogP contribution in [0, 0.1) is 0 Å². The number of nitrogens with one attached hydrogen (secondary N) is 1. The minimum atomic E-state index is -5.01. The average molecular weight is 404 g/mol. The van der Waals surface area contributed by atoms with Crippen molar-refractivity contribution in [3.05, 3.63) is 29.8 Å². The number of para-hydroxylation sites is 1. The molecule has 10 heteroatoms. The first-order valence-electron chi connectivity index (χ1n) is 8.47. The second kappa shape index (κ2) is 6.50. The number of hydrogen-bond acceptors (Lipinski definition) is 4. The number of halogens is 3. The third kappa shape index (κ3) is 3.19. The van der Waals surface area contributed by atoms with E-state index in [0.29, 0.717) is 24.1 Å². The van der Waals surface area contributed by atoms with Gasteiger partial charge in [-0.3, -0.25) is 13.9 Å². The molecule has 2 atom stereocenters. The summed E-state index contributed by atoms with van der Waals surface area (Å²) in [5, 5.41) is 1.80. The molecule has 148 valence electrons. The van der Waals surface area contributed by atoms with Gasteiger partial charge in [0.25, 0.3) is 0 Å². The van der Waals surface area contributed by atoms with Crippen LogP contribution < -0.4 is 9.62 Å². The summed E-state index contributed by atoms with van der Waals surface area (Å²) in [6, 6.07) is 5.85. The molecule has 1 aliphatic carbocycles. The molecule has 6 nitrogen and oxygen atoms in total. The highest BCUT2D eigenvalue weighted by Gasteiger charge is 2.58. The van der Waals surface area contributed by atoms with Gasteiger partial charge in [0, 0.05) is 13.0 Å². The summed E-state index contributed by atoms with van der Waals surface area (Å²) in [5.41, 5.74) is -0.384. The fourth-order valence-electron chi connectivity index (χ4n) is 4.29. The van der Waals surface area contributed by atoms with Crippen LogP contribution in [0.1, 0.15) is 31.2 Å². The number of benzene rings is 1. The lowest BCUT2D eigenvalue weighted by atomic mass is 9.65. The van der Waals surface area contributed by atoms with Gasteiger partial charge in [-0.05, 0) is 30.9 Å². The van der Waals surface area contributed by atoms with E-state index in [1.54, 1.807) is 29.6 Å². The molecule has 1 saturated carbocycles. The Kier molecular flexibility index (Phi) is 4.73. The summed E-state index contributed by atoms with van der Waals surface area (Å²) in [5.74, 6) is -2.29. The molecule has 1 aromatic carbocycles. The maximum Gasteiger partial charge on any atom is 0.471 e. The molecule has 0 spiro atoms. The fourth-order valence-corrected chi connectivity index (χ4v) is 5.56. The number of carbonyl (C=O) groups is 2. The second-order valence-corrected chi connectivity index (χ2v) is 8.74. The quantitative estimate of drug-likeness (QED) is 0.831. The van der Waals surface area contributed by atoms with E-state index in [2.05, 4.69) is 0 Å². The van der Waals surface area contributed by atoms with E-state index in [0.717, 1.165) is 6.26 Å². The molecule has 0 unspecified atom stereocenters. The predicted octanol–water partition coefficient (Wildman–Crippen LogP) is 1.89. The van der Waals surface area contributed by atoms with Crippen molar-refractivity contribution < 1.29 is 31.2 Å². The van der Waals surface area contributed by atoms with Gasteiger partial charge in [0.1, 0.15) is 5.78 Å². The Hall–Kier alpha value is -2.10. The minimum absolute atomic E-state index is 0.0959. The smallest absolute Gasteiger partial charge is 0.348 e. The van der Waals surface area contributed by atoms with Crippen molar-refractivity contribution >= 4 is 27.4 Å². The van der Waals surface area contributed by atoms with Crippen LogP contribution in [0.2, 0.25) is 0 Å². The summed E-state index contributed by atoms with van der Waals surface area (Å²) in [7, 11) is -3.70. The zero-order valence-corrected chi connectivity index (χ0v) is 15.4. The van der Waals surface area contributed by atoms with E-state index in [4.69, 9.17) is 0 Å². The summed E-state index contributed by atoms with van der Waals surface area (Å²) in [6.07, 6.45) is -2.93. The highest BCUT2D eigenvalue weighted by atomic mass is 32.2. The Morgan fingerprint density at radius 1 is 1.33 bits per heavy atom. The molecule has 0 aromatic heterocycles. The van der Waals surface area contributed by atoms with Crippen LogP contribution in [0.3, 0.4) is 0 Å². The molecule has 1 aromatic rings. The summed E-state index contributed by atoms with van der Waals surface area (Å²) < 4.78 is 63.4. The van der Waals surface area contributed by atoms with Gasteiger partial charge in [0.05, 0.1) is 23.4 Å². The highest BCUT2D eigenvalue weighted by Crippen LogP contribution is 2.53. The SMILES string of the molecule is CS(=O)(=O)N1c2ccccc2[C@]2(CCNC(=O)C(F)(F)F)C(=O)CCC[C@H]12. The van der Waals surface area contributed by atoms with Crippen LogP contribution in [0.4, 0.5) is 18.9 Å². The number of alkyl halides is 3. The van der Waals surface area contributed by atoms with Gasteiger partial charge in [-0.2, -0.15) is 13.2 Å². The van der Waals surface area contributed by atoms with Crippen LogP contribution in [0.5, 0.6) is 0 Å². The monoisotopic (exact) mass is 404 g/mol. The largest absolute Gasteiger partial charge is 0.471 e. The van der Waals surface area contributed by atoms with Gasteiger partial charge in [-0.15, -0.1) is 0 Å². The van der Waals surface area contributed by atoms with Crippen LogP contribution in [0.25, 0.3) is 0 Å². The van der Waals surface area contributed by atoms with Crippen molar-refractivity contribution in [3.8, 4) is 0 Å². The van der Waals surface area contributed by atoms with Crippen molar-refractivity contribution in [2.75, 3.05) is 17.1 Å². The molecule has 0 bridgehead atoms. The van der Waals surface area contributed by atoms with Gasteiger partial charge in [0.15, 0.2) is 0 Å². The van der Waals surface area contributed by atoms with E-state index in [-0.39, 0.29) is 25.2 Å². The topological polar surface area (TPSA) is 83.6 Å². The number of nitrogens with zero attached hydrogens (tertiary/aromatic N) is 1. The van der Waals surface area contributed by atoms with Gasteiger partial charge in [-0.25, -0.2) is 8.42 Å². The van der Waals surface area contributed by atoms with Crippen molar-refractivity contribution in [2.24, 2.45) is 0 Å². The summed E-state index contributed by atoms with van der Waals surface area (Å²) >= 11 is 0. The molecule has 2 aliphatic rings. The third-order valence-electron chi connectivity index (χ3n) is 5.27. The van der Waals surface area contributed by atoms with Crippen LogP contribution >= 0.6 is 0 Å². The minimum Gasteiger partial charge on any atom is -0.348 e. The summed E-state index contributed by atoms with van der Waals surface area (Å²) in [4.78, 5) is 24.1. The molecular weight excluding hydrogens is 385 g/mol. The maximum absolute atomic E-state index is 12.9. The van der Waals surface area contributed by atoms with E-state index < -0.39 is 33.6 Å². The van der Waals surface area contributed by atoms with Crippen LogP contribution in [0.15, 0.2) is 24.3 Å². The Balaban J connectivity index is 2.01. The van der Waals surface area contributed by atoms with Crippen molar-refractivity contribution in [2.45, 2.75) is 43.3 Å². The number of ketones is 1. The molecule has 1 N–H and O–H groups in total. The number of Topliss-reactive ketones (excluding diaryl/α,β-unsaturated/α-hetero) is 1. The molecule has 3 rings (SSSR count). The molecule has 1 aliphatic heterocycles. The molecule has 1 amide bonds. The fraction of sp³-hybridized carbons (Fsp3) is 0.529. The number of hydrogen-bond donors (Lipinski definition) is 1. The molecule has 1 fully saturated rings. The molecule has 27 heavy (non-hydrogen) atoms. The first-order chi connectivity index (χ1) is 12.5. The Morgan fingerprint density at radius 3 is 2.63 bits per heavy atom. The average Bonchev–Trinajstić information content (AvgIpc) is 2.86. The first-order valence-corrected chi connectivity index (χ1v) is 10.3. The lowest BCUT2D eigenvalue weighted by Crippen LogP contribution is -2.55. The number of carbonyl (C=O) groups excluding carboxylic acids is 2. The normalized spacial score (nSPS) is 25.1. The van der Waals surface area contributed by atoms with E-state index in [1.807, 2.05) is 0 Å². The molecule has 1 heterocycles. The van der Waals surface area contributed by atoms with Crippen LogP contribution in [-0.4, -0.2) is 45.1 Å². The molecular formula is C17H19F3N2O4S. The van der Waals surface area contributed by atoms with Crippen molar-refractivity contribution in [1.82, 2.24) is 5.32 Å². The lowest BCUT2D eigenvalue weighted by Gasteiger charge is -2.40. The number of anilines is 1. The third-order valence-corrected chi connectivity index (χ3v) is 6.44. The predicted molar refractivity (Wildman–Crippen MR) is 91.8 cm³/mol. The van der Waals surface area contributed by atoms with E-state index >= 15 is 0 Å². The van der Waals surface area contributed by atoms with Gasteiger partial charge in [0.2, 0.25) is 10.0 Å². The number of amides is 1. The van der Waals surface area contributed by atoms with Crippen molar-refractivity contribution in [3.63, 3.8) is 0 Å². The zero-order chi connectivity index (χ0) is 20.0. The molecule has 0 radical (unpaired) electrons. The first kappa shape index (κ1) is 19.7. The van der Waals surface area contributed by atoms with Gasteiger partial charge < -0.3 is 5.32 Å². The number of sulfonamides is 1.